The molecule has 0 aliphatic rings. The van der Waals surface area contributed by atoms with Crippen LogP contribution in [0.3, 0.4) is 0 Å². The minimum absolute atomic E-state index is 0. The first-order valence-electron chi connectivity index (χ1n) is 0.289. The Morgan fingerprint density at radius 1 is 1.00 bits per heavy atom. The van der Waals surface area contributed by atoms with Crippen molar-refractivity contribution >= 4 is 16.2 Å². The predicted molar refractivity (Wildman–Crippen MR) is 7.84 cm³/mol. The zero-order valence-electron chi connectivity index (χ0n) is 2.25. The van der Waals surface area contributed by atoms with Gasteiger partial charge in [-0.05, 0) is 0 Å². The van der Waals surface area contributed by atoms with Crippen molar-refractivity contribution in [2.24, 2.45) is 0 Å². The fourth-order valence-electron chi connectivity index (χ4n) is 0. The monoisotopic (exact) mass is 206 g/mol. The van der Waals surface area contributed by atoms with E-state index in [0.717, 1.165) is 0 Å². The van der Waals surface area contributed by atoms with Crippen molar-refractivity contribution in [1.82, 2.24) is 0 Å². The van der Waals surface area contributed by atoms with Crippen LogP contribution in [0.15, 0.2) is 0 Å². The molecule has 0 unspecified atom stereocenters. The summed E-state index contributed by atoms with van der Waals surface area (Å²) in [6.45, 7) is 0. The van der Waals surface area contributed by atoms with Gasteiger partial charge >= 0.3 is 20.0 Å². The Bertz CT molecular complexity index is 9.61. The van der Waals surface area contributed by atoms with Crippen molar-refractivity contribution in [2.75, 3.05) is 0 Å². The van der Waals surface area contributed by atoms with E-state index in [4.69, 9.17) is 3.80 Å². The molecular weight excluding hydrogens is 206 g/mol. The third-order valence-corrected chi connectivity index (χ3v) is 0. The molecule has 0 aliphatic carbocycles. The van der Waals surface area contributed by atoms with E-state index in [1.807, 2.05) is 0 Å². The second-order valence-electron chi connectivity index (χ2n) is 0. The van der Waals surface area contributed by atoms with E-state index >= 15 is 0 Å². The van der Waals surface area contributed by atoms with E-state index in [0.29, 0.717) is 16.2 Å². The molecule has 0 saturated heterocycles. The van der Waals surface area contributed by atoms with Crippen LogP contribution in [0.5, 0.6) is 0 Å². The molecule has 0 aromatic heterocycles. The average Bonchev–Trinajstić information content (AvgIpc) is 1.00. The molecular formula is HAlCr2NiO. The predicted octanol–water partition coefficient (Wildman–Crippen LogP) is -0.775. The van der Waals surface area contributed by atoms with Gasteiger partial charge in [0.25, 0.3) is 0 Å². The number of hydrogen-bond donors (Lipinski definition) is 0. The van der Waals surface area contributed by atoms with Gasteiger partial charge in [-0.1, -0.05) is 0 Å². The van der Waals surface area contributed by atoms with Crippen molar-refractivity contribution < 1.29 is 55.0 Å². The molecule has 0 atom stereocenters. The van der Waals surface area contributed by atoms with Crippen LogP contribution in [-0.2, 0) is 55.0 Å². The van der Waals surface area contributed by atoms with Crippen molar-refractivity contribution in [3.63, 3.8) is 0 Å². The molecule has 0 fully saturated rings. The molecule has 0 amide bonds. The summed E-state index contributed by atoms with van der Waals surface area (Å²) >= 11 is 0.611. The first-order chi connectivity index (χ1) is 1.00. The summed E-state index contributed by atoms with van der Waals surface area (Å²) in [6.07, 6.45) is 0. The van der Waals surface area contributed by atoms with Crippen molar-refractivity contribution in [3.8, 4) is 0 Å². The Morgan fingerprint density at radius 3 is 1.00 bits per heavy atom. The Labute approximate surface area is 70.7 Å². The molecule has 0 aromatic carbocycles. The van der Waals surface area contributed by atoms with Crippen LogP contribution in [0, 0.1) is 0 Å². The van der Waals surface area contributed by atoms with Gasteiger partial charge in [0.05, 0.1) is 0 Å². The first-order valence-corrected chi connectivity index (χ1v) is 0.866. The molecule has 0 bridgehead atoms. The van der Waals surface area contributed by atoms with Crippen LogP contribution in [0.4, 0.5) is 0 Å². The molecule has 0 saturated carbocycles. The van der Waals surface area contributed by atoms with Gasteiger partial charge in [0.2, 0.25) is 0 Å². The molecule has 0 radical (unpaired) electrons. The van der Waals surface area contributed by atoms with Gasteiger partial charge in [-0.3, -0.25) is 0 Å². The van der Waals surface area contributed by atoms with Gasteiger partial charge in [0.1, 0.15) is 0 Å². The van der Waals surface area contributed by atoms with E-state index in [9.17, 15) is 0 Å². The normalized spacial score (nSPS) is 0.600. The van der Waals surface area contributed by atoms with Crippen LogP contribution in [0.1, 0.15) is 0 Å². The molecule has 32 valence electrons. The zero-order chi connectivity index (χ0) is 2.00. The van der Waals surface area contributed by atoms with Crippen molar-refractivity contribution in [1.29, 1.82) is 0 Å². The summed E-state index contributed by atoms with van der Waals surface area (Å²) in [4.78, 5) is 0. The van der Waals surface area contributed by atoms with E-state index in [1.54, 1.807) is 0 Å². The van der Waals surface area contributed by atoms with Crippen LogP contribution in [-0.4, -0.2) is 16.2 Å². The van der Waals surface area contributed by atoms with Gasteiger partial charge < -0.3 is 0 Å². The van der Waals surface area contributed by atoms with E-state index in [2.05, 4.69) is 0 Å². The summed E-state index contributed by atoms with van der Waals surface area (Å²) < 4.78 is 8.28. The molecule has 0 aliphatic heterocycles. The number of rotatable bonds is 0. The molecule has 0 aromatic rings. The van der Waals surface area contributed by atoms with E-state index in [-0.39, 0.29) is 51.2 Å². The van der Waals surface area contributed by atoms with Gasteiger partial charge in [0.15, 0.2) is 0 Å². The van der Waals surface area contributed by atoms with Crippen LogP contribution >= 0.6 is 0 Å². The van der Waals surface area contributed by atoms with E-state index < -0.39 is 0 Å². The van der Waals surface area contributed by atoms with E-state index in [1.165, 1.54) is 0 Å². The summed E-state index contributed by atoms with van der Waals surface area (Å²) in [7, 11) is 0. The van der Waals surface area contributed by atoms with Crippen LogP contribution < -0.4 is 0 Å². The van der Waals surface area contributed by atoms with Crippen LogP contribution in [0.25, 0.3) is 0 Å². The maximum absolute atomic E-state index is 8.28. The average molecular weight is 207 g/mol. The molecule has 0 heterocycles. The van der Waals surface area contributed by atoms with Gasteiger partial charge in [-0.25, -0.2) is 0 Å². The van der Waals surface area contributed by atoms with Gasteiger partial charge in [-0.15, -0.1) is 0 Å². The molecule has 0 N–H and O–H groups in total. The standard InChI is InChI=1S/Al.2Cr.Ni.O.H. The quantitative estimate of drug-likeness (QED) is 0.476. The SMILES string of the molecule is [Cr].[Cr].[Ni].[O]=[AlH]. The third kappa shape index (κ3) is 24.9. The Balaban J connectivity index is -0.00000000167. The Hall–Kier alpha value is 1.89. The Kier molecular flexibility index (Phi) is 226. The van der Waals surface area contributed by atoms with Crippen LogP contribution in [0.2, 0.25) is 0 Å². The molecule has 5 heavy (non-hydrogen) atoms. The van der Waals surface area contributed by atoms with Gasteiger partial charge in [-0.2, -0.15) is 0 Å². The third-order valence-electron chi connectivity index (χ3n) is 0. The summed E-state index contributed by atoms with van der Waals surface area (Å²) in [5.41, 5.74) is 0. The molecule has 0 rings (SSSR count). The molecule has 1 nitrogen and oxygen atoms in total. The zero-order valence-corrected chi connectivity index (χ0v) is 7.20. The molecule has 0 spiro atoms. The number of hydrogen-bond acceptors (Lipinski definition) is 1. The fraction of sp³-hybridized carbons (Fsp3) is 0. The van der Waals surface area contributed by atoms with Gasteiger partial charge in [0, 0.05) is 51.2 Å². The first kappa shape index (κ1) is 28.6. The topological polar surface area (TPSA) is 17.1 Å². The fourth-order valence-corrected chi connectivity index (χ4v) is 0. The maximum atomic E-state index is 8.28. The second kappa shape index (κ2) is 39.4. The summed E-state index contributed by atoms with van der Waals surface area (Å²) in [6, 6.07) is 0. The second-order valence-corrected chi connectivity index (χ2v) is 0. The molecule has 5 heteroatoms. The Morgan fingerprint density at radius 2 is 1.00 bits per heavy atom. The van der Waals surface area contributed by atoms with Crippen molar-refractivity contribution in [3.05, 3.63) is 0 Å². The summed E-state index contributed by atoms with van der Waals surface area (Å²) in [5, 5.41) is 0. The minimum atomic E-state index is 0. The van der Waals surface area contributed by atoms with Crippen molar-refractivity contribution in [2.45, 2.75) is 0 Å². The summed E-state index contributed by atoms with van der Waals surface area (Å²) in [5.74, 6) is 0.